The van der Waals surface area contributed by atoms with E-state index in [1.54, 1.807) is 12.1 Å². The summed E-state index contributed by atoms with van der Waals surface area (Å²) in [5.74, 6) is 0. The lowest BCUT2D eigenvalue weighted by molar-refractivity contribution is -0.160. The molecule has 1 fully saturated rings. The highest BCUT2D eigenvalue weighted by Gasteiger charge is 2.64. The lowest BCUT2D eigenvalue weighted by atomic mass is 9.85. The molecule has 0 unspecified atom stereocenters. The average molecular weight is 246 g/mol. The van der Waals surface area contributed by atoms with Crippen LogP contribution in [0.3, 0.4) is 0 Å². The van der Waals surface area contributed by atoms with E-state index in [2.05, 4.69) is 17.0 Å². The second-order valence-electron chi connectivity index (χ2n) is 4.05. The largest absolute Gasteiger partial charge is 0.398 e. The summed E-state index contributed by atoms with van der Waals surface area (Å²) in [5, 5.41) is 0. The zero-order chi connectivity index (χ0) is 11.8. The van der Waals surface area contributed by atoms with E-state index in [4.69, 9.17) is 0 Å². The van der Waals surface area contributed by atoms with Crippen LogP contribution in [0.2, 0.25) is 0 Å². The Kier molecular flexibility index (Phi) is 2.96. The van der Waals surface area contributed by atoms with E-state index in [1.165, 1.54) is 12.1 Å². The van der Waals surface area contributed by atoms with Crippen LogP contribution in [0.1, 0.15) is 18.4 Å². The van der Waals surface area contributed by atoms with Crippen LogP contribution in [0.25, 0.3) is 0 Å². The molecule has 2 rings (SSSR count). The molecular weight excluding hydrogens is 236 g/mol. The topological polar surface area (TPSA) is 9.23 Å². The van der Waals surface area contributed by atoms with Crippen LogP contribution in [0.5, 0.6) is 0 Å². The standard InChI is InChI=1S/C10H10BF3OS/c12-10(13,14)9(5-6-9)7-1-3-8(4-2-7)11-15-16/h1-4,11,16H,5-6H2. The highest BCUT2D eigenvalue weighted by molar-refractivity contribution is 7.76. The van der Waals surface area contributed by atoms with Gasteiger partial charge < -0.3 is 4.10 Å². The smallest absolute Gasteiger partial charge is 0.377 e. The van der Waals surface area contributed by atoms with Gasteiger partial charge in [0, 0.05) is 0 Å². The Morgan fingerprint density at radius 1 is 1.19 bits per heavy atom. The molecule has 86 valence electrons. The van der Waals surface area contributed by atoms with Gasteiger partial charge in [-0.1, -0.05) is 29.7 Å². The fourth-order valence-corrected chi connectivity index (χ4v) is 2.00. The van der Waals surface area contributed by atoms with E-state index in [1.807, 2.05) is 0 Å². The van der Waals surface area contributed by atoms with Crippen LogP contribution in [-0.4, -0.2) is 13.7 Å². The molecule has 1 nitrogen and oxygen atoms in total. The Morgan fingerprint density at radius 2 is 1.75 bits per heavy atom. The summed E-state index contributed by atoms with van der Waals surface area (Å²) in [6.45, 7) is 0. The van der Waals surface area contributed by atoms with E-state index >= 15 is 0 Å². The lowest BCUT2D eigenvalue weighted by Gasteiger charge is -2.19. The number of thiol groups is 1. The maximum Gasteiger partial charge on any atom is 0.398 e. The summed E-state index contributed by atoms with van der Waals surface area (Å²) in [4.78, 5) is 0. The van der Waals surface area contributed by atoms with Crippen molar-refractivity contribution in [1.29, 1.82) is 0 Å². The van der Waals surface area contributed by atoms with Gasteiger partial charge in [0.05, 0.1) is 5.41 Å². The quantitative estimate of drug-likeness (QED) is 0.488. The van der Waals surface area contributed by atoms with Gasteiger partial charge in [0.15, 0.2) is 0 Å². The highest BCUT2D eigenvalue weighted by Crippen LogP contribution is 2.58. The molecule has 1 aliphatic carbocycles. The molecule has 0 spiro atoms. The maximum atomic E-state index is 12.8. The van der Waals surface area contributed by atoms with Gasteiger partial charge in [-0.05, 0) is 31.3 Å². The number of hydrogen-bond acceptors (Lipinski definition) is 2. The second kappa shape index (κ2) is 4.00. The number of rotatable bonds is 3. The van der Waals surface area contributed by atoms with E-state index in [0.29, 0.717) is 13.0 Å². The first-order valence-electron chi connectivity index (χ1n) is 4.92. The van der Waals surface area contributed by atoms with Crippen molar-refractivity contribution < 1.29 is 17.3 Å². The van der Waals surface area contributed by atoms with Crippen molar-refractivity contribution >= 4 is 25.9 Å². The van der Waals surface area contributed by atoms with Gasteiger partial charge >= 0.3 is 13.7 Å². The molecule has 0 amide bonds. The van der Waals surface area contributed by atoms with Gasteiger partial charge in [0.25, 0.3) is 0 Å². The molecular formula is C10H10BF3OS. The molecule has 0 N–H and O–H groups in total. The van der Waals surface area contributed by atoms with Gasteiger partial charge in [-0.15, -0.1) is 0 Å². The molecule has 0 aromatic heterocycles. The van der Waals surface area contributed by atoms with Crippen molar-refractivity contribution in [3.05, 3.63) is 29.8 Å². The first kappa shape index (κ1) is 11.9. The first-order valence-corrected chi connectivity index (χ1v) is 5.29. The van der Waals surface area contributed by atoms with Crippen molar-refractivity contribution in [2.75, 3.05) is 0 Å². The highest BCUT2D eigenvalue weighted by atomic mass is 32.1. The van der Waals surface area contributed by atoms with Crippen molar-refractivity contribution in [3.8, 4) is 0 Å². The maximum absolute atomic E-state index is 12.8. The van der Waals surface area contributed by atoms with Crippen LogP contribution in [0.15, 0.2) is 24.3 Å². The summed E-state index contributed by atoms with van der Waals surface area (Å²) in [5.41, 5.74) is -0.424. The Balaban J connectivity index is 2.22. The predicted octanol–water partition coefficient (Wildman–Crippen LogP) is 2.12. The Hall–Kier alpha value is -0.615. The molecule has 1 aromatic carbocycles. The van der Waals surface area contributed by atoms with Crippen molar-refractivity contribution in [2.24, 2.45) is 0 Å². The minimum absolute atomic E-state index is 0.193. The third-order valence-corrected chi connectivity index (χ3v) is 3.16. The monoisotopic (exact) mass is 246 g/mol. The van der Waals surface area contributed by atoms with E-state index in [0.717, 1.165) is 5.46 Å². The van der Waals surface area contributed by atoms with Crippen molar-refractivity contribution in [1.82, 2.24) is 0 Å². The Morgan fingerprint density at radius 3 is 2.12 bits per heavy atom. The van der Waals surface area contributed by atoms with Crippen molar-refractivity contribution in [2.45, 2.75) is 24.4 Å². The summed E-state index contributed by atoms with van der Waals surface area (Å²) in [6, 6.07) is 6.36. The Bertz CT molecular complexity index is 373. The minimum atomic E-state index is -4.14. The molecule has 1 saturated carbocycles. The van der Waals surface area contributed by atoms with Gasteiger partial charge in [0.2, 0.25) is 0 Å². The fraction of sp³-hybridized carbons (Fsp3) is 0.400. The van der Waals surface area contributed by atoms with Gasteiger partial charge in [0.1, 0.15) is 0 Å². The zero-order valence-electron chi connectivity index (χ0n) is 8.42. The van der Waals surface area contributed by atoms with Crippen LogP contribution >= 0.6 is 12.9 Å². The summed E-state index contributed by atoms with van der Waals surface area (Å²) in [6.07, 6.45) is -3.76. The third-order valence-electron chi connectivity index (χ3n) is 3.03. The minimum Gasteiger partial charge on any atom is -0.377 e. The molecule has 0 atom stereocenters. The molecule has 1 aromatic rings. The second-order valence-corrected chi connectivity index (χ2v) is 4.31. The van der Waals surface area contributed by atoms with Crippen LogP contribution in [0, 0.1) is 0 Å². The van der Waals surface area contributed by atoms with Gasteiger partial charge in [-0.3, -0.25) is 0 Å². The van der Waals surface area contributed by atoms with Gasteiger partial charge in [-0.2, -0.15) is 13.2 Å². The summed E-state index contributed by atoms with van der Waals surface area (Å²) in [7, 11) is 0.294. The van der Waals surface area contributed by atoms with E-state index in [-0.39, 0.29) is 12.8 Å². The number of alkyl halides is 3. The Labute approximate surface area is 97.9 Å². The van der Waals surface area contributed by atoms with Crippen LogP contribution < -0.4 is 5.46 Å². The molecule has 6 heteroatoms. The summed E-state index contributed by atoms with van der Waals surface area (Å²) < 4.78 is 43.0. The molecule has 0 saturated heterocycles. The predicted molar refractivity (Wildman–Crippen MR) is 60.3 cm³/mol. The lowest BCUT2D eigenvalue weighted by Crippen LogP contribution is -2.29. The SMILES string of the molecule is FC(F)(F)C1(c2ccc(BOS)cc2)CC1. The average Bonchev–Trinajstić information content (AvgIpc) is 2.99. The molecule has 16 heavy (non-hydrogen) atoms. The fourth-order valence-electron chi connectivity index (χ4n) is 1.86. The van der Waals surface area contributed by atoms with Crippen LogP contribution in [0.4, 0.5) is 13.2 Å². The summed E-state index contributed by atoms with van der Waals surface area (Å²) >= 11 is 3.59. The van der Waals surface area contributed by atoms with Crippen LogP contribution in [-0.2, 0) is 9.52 Å². The molecule has 0 radical (unpaired) electrons. The number of benzene rings is 1. The zero-order valence-corrected chi connectivity index (χ0v) is 9.31. The van der Waals surface area contributed by atoms with Crippen molar-refractivity contribution in [3.63, 3.8) is 0 Å². The third kappa shape index (κ3) is 1.96. The molecule has 0 heterocycles. The molecule has 1 aliphatic rings. The molecule has 0 aliphatic heterocycles. The first-order chi connectivity index (χ1) is 7.49. The normalized spacial score (nSPS) is 18.2. The molecule has 0 bridgehead atoms. The number of hydrogen-bond donors (Lipinski definition) is 1. The van der Waals surface area contributed by atoms with E-state index < -0.39 is 11.6 Å². The number of halogens is 3. The van der Waals surface area contributed by atoms with E-state index in [9.17, 15) is 13.2 Å². The van der Waals surface area contributed by atoms with Gasteiger partial charge in [-0.25, -0.2) is 0 Å².